The zero-order chi connectivity index (χ0) is 18.3. The molecule has 3 aliphatic rings. The maximum Gasteiger partial charge on any atom is 0.257 e. The molecule has 1 aromatic rings. The Morgan fingerprint density at radius 1 is 1.23 bits per heavy atom. The van der Waals surface area contributed by atoms with E-state index in [0.717, 1.165) is 62.2 Å². The zero-order valence-corrected chi connectivity index (χ0v) is 17.1. The lowest BCUT2D eigenvalue weighted by atomic mass is 9.91. The average Bonchev–Trinajstić information content (AvgIpc) is 3.29. The third kappa shape index (κ3) is 3.66. The van der Waals surface area contributed by atoms with Crippen LogP contribution in [0.4, 0.5) is 5.00 Å². The second-order valence-electron chi connectivity index (χ2n) is 7.88. The fourth-order valence-electron chi connectivity index (χ4n) is 4.00. The topological polar surface area (TPSA) is 61.4 Å². The van der Waals surface area contributed by atoms with Crippen molar-refractivity contribution in [3.8, 4) is 0 Å². The van der Waals surface area contributed by atoms with E-state index >= 15 is 0 Å². The number of fused-ring (bicyclic) bond motifs is 1. The Labute approximate surface area is 163 Å². The minimum Gasteiger partial charge on any atom is -0.338 e. The normalized spacial score (nSPS) is 25.2. The standard InChI is InChI=1S/C19H27N3O2S2/c1-11-7-8-22(10-11)19(24)16-14-9-13(21-25-2)5-6-15(14)26-18(16)20-17(23)12-3-4-12/h11-13,21H,3-10H2,1-2H3,(H,20,23). The van der Waals surface area contributed by atoms with Gasteiger partial charge in [-0.05, 0) is 56.3 Å². The Morgan fingerprint density at radius 2 is 2.04 bits per heavy atom. The predicted octanol–water partition coefficient (Wildman–Crippen LogP) is 3.30. The summed E-state index contributed by atoms with van der Waals surface area (Å²) in [4.78, 5) is 29.0. The number of hydrogen-bond acceptors (Lipinski definition) is 5. The summed E-state index contributed by atoms with van der Waals surface area (Å²) in [6.07, 6.45) is 8.00. The first-order chi connectivity index (χ1) is 12.6. The van der Waals surface area contributed by atoms with Crippen molar-refractivity contribution in [2.24, 2.45) is 11.8 Å². The number of carbonyl (C=O) groups excluding carboxylic acids is 2. The first-order valence-corrected chi connectivity index (χ1v) is 11.6. The van der Waals surface area contributed by atoms with Crippen LogP contribution in [0.3, 0.4) is 0 Å². The van der Waals surface area contributed by atoms with Gasteiger partial charge in [-0.2, -0.15) is 0 Å². The minimum absolute atomic E-state index is 0.0891. The molecule has 142 valence electrons. The molecule has 2 unspecified atom stereocenters. The summed E-state index contributed by atoms with van der Waals surface area (Å²) in [5.41, 5.74) is 1.95. The molecule has 2 atom stereocenters. The monoisotopic (exact) mass is 393 g/mol. The summed E-state index contributed by atoms with van der Waals surface area (Å²) in [5.74, 6) is 0.910. The number of rotatable bonds is 5. The summed E-state index contributed by atoms with van der Waals surface area (Å²) >= 11 is 3.27. The van der Waals surface area contributed by atoms with Gasteiger partial charge < -0.3 is 10.2 Å². The highest BCUT2D eigenvalue weighted by Crippen LogP contribution is 2.41. The van der Waals surface area contributed by atoms with Gasteiger partial charge in [-0.3, -0.25) is 14.3 Å². The molecule has 2 N–H and O–H groups in total. The van der Waals surface area contributed by atoms with Crippen molar-refractivity contribution in [3.05, 3.63) is 16.0 Å². The quantitative estimate of drug-likeness (QED) is 0.754. The fraction of sp³-hybridized carbons (Fsp3) is 0.684. The first-order valence-electron chi connectivity index (χ1n) is 9.60. The fourth-order valence-corrected chi connectivity index (χ4v) is 5.78. The van der Waals surface area contributed by atoms with Gasteiger partial charge in [-0.1, -0.05) is 18.9 Å². The highest BCUT2D eigenvalue weighted by molar-refractivity contribution is 7.96. The van der Waals surface area contributed by atoms with E-state index in [9.17, 15) is 9.59 Å². The van der Waals surface area contributed by atoms with E-state index in [1.807, 2.05) is 11.2 Å². The van der Waals surface area contributed by atoms with Crippen LogP contribution in [0.15, 0.2) is 0 Å². The number of thiophene rings is 1. The molecule has 2 aliphatic carbocycles. The summed E-state index contributed by atoms with van der Waals surface area (Å²) in [6.45, 7) is 3.85. The molecule has 1 aliphatic heterocycles. The SMILES string of the molecule is CSNC1CCc2sc(NC(=O)C3CC3)c(C(=O)N3CCC(C)C3)c2C1. The minimum atomic E-state index is 0.0891. The van der Waals surface area contributed by atoms with Crippen molar-refractivity contribution in [1.82, 2.24) is 9.62 Å². The summed E-state index contributed by atoms with van der Waals surface area (Å²) in [5, 5.41) is 3.89. The highest BCUT2D eigenvalue weighted by Gasteiger charge is 2.36. The van der Waals surface area contributed by atoms with Gasteiger partial charge in [0.15, 0.2) is 0 Å². The number of anilines is 1. The van der Waals surface area contributed by atoms with Gasteiger partial charge in [-0.25, -0.2) is 0 Å². The van der Waals surface area contributed by atoms with Crippen LogP contribution >= 0.6 is 23.3 Å². The summed E-state index contributed by atoms with van der Waals surface area (Å²) < 4.78 is 3.46. The Kier molecular flexibility index (Phi) is 5.30. The van der Waals surface area contributed by atoms with Crippen molar-refractivity contribution in [2.45, 2.75) is 51.5 Å². The van der Waals surface area contributed by atoms with E-state index in [1.54, 1.807) is 23.3 Å². The lowest BCUT2D eigenvalue weighted by molar-refractivity contribution is -0.117. The molecule has 4 rings (SSSR count). The van der Waals surface area contributed by atoms with E-state index < -0.39 is 0 Å². The molecule has 1 aromatic heterocycles. The van der Waals surface area contributed by atoms with Crippen molar-refractivity contribution in [3.63, 3.8) is 0 Å². The van der Waals surface area contributed by atoms with Gasteiger partial charge in [0.2, 0.25) is 5.91 Å². The van der Waals surface area contributed by atoms with Crippen LogP contribution in [0.2, 0.25) is 0 Å². The third-order valence-electron chi connectivity index (χ3n) is 5.66. The van der Waals surface area contributed by atoms with Crippen LogP contribution < -0.4 is 10.0 Å². The van der Waals surface area contributed by atoms with Crippen molar-refractivity contribution >= 4 is 40.1 Å². The average molecular weight is 394 g/mol. The smallest absolute Gasteiger partial charge is 0.257 e. The van der Waals surface area contributed by atoms with Crippen LogP contribution in [-0.4, -0.2) is 42.1 Å². The predicted molar refractivity (Wildman–Crippen MR) is 108 cm³/mol. The number of nitrogens with zero attached hydrogens (tertiary/aromatic N) is 1. The van der Waals surface area contributed by atoms with Crippen LogP contribution in [0.25, 0.3) is 0 Å². The highest BCUT2D eigenvalue weighted by atomic mass is 32.2. The van der Waals surface area contributed by atoms with Gasteiger partial charge >= 0.3 is 0 Å². The molecule has 1 saturated heterocycles. The zero-order valence-electron chi connectivity index (χ0n) is 15.5. The van der Waals surface area contributed by atoms with E-state index in [2.05, 4.69) is 17.0 Å². The van der Waals surface area contributed by atoms with Crippen molar-refractivity contribution in [1.29, 1.82) is 0 Å². The van der Waals surface area contributed by atoms with Gasteiger partial charge in [0.1, 0.15) is 5.00 Å². The molecule has 0 aromatic carbocycles. The molecular formula is C19H27N3O2S2. The lowest BCUT2D eigenvalue weighted by Crippen LogP contribution is -2.33. The number of amides is 2. The van der Waals surface area contributed by atoms with Gasteiger partial charge in [-0.15, -0.1) is 11.3 Å². The molecule has 26 heavy (non-hydrogen) atoms. The molecule has 2 amide bonds. The molecule has 2 fully saturated rings. The number of hydrogen-bond donors (Lipinski definition) is 2. The first kappa shape index (κ1) is 18.3. The maximum absolute atomic E-state index is 13.3. The largest absolute Gasteiger partial charge is 0.338 e. The molecule has 0 spiro atoms. The van der Waals surface area contributed by atoms with Crippen molar-refractivity contribution < 1.29 is 9.59 Å². The van der Waals surface area contributed by atoms with Crippen LogP contribution in [0.5, 0.6) is 0 Å². The van der Waals surface area contributed by atoms with E-state index in [-0.39, 0.29) is 17.7 Å². The lowest BCUT2D eigenvalue weighted by Gasteiger charge is -2.24. The number of aryl methyl sites for hydroxylation is 1. The van der Waals surface area contributed by atoms with Crippen LogP contribution in [-0.2, 0) is 17.6 Å². The molecule has 5 nitrogen and oxygen atoms in total. The Balaban J connectivity index is 1.64. The van der Waals surface area contributed by atoms with E-state index in [0.29, 0.717) is 12.0 Å². The second-order valence-corrected chi connectivity index (χ2v) is 9.63. The van der Waals surface area contributed by atoms with Gasteiger partial charge in [0.05, 0.1) is 5.56 Å². The van der Waals surface area contributed by atoms with Gasteiger partial charge in [0.25, 0.3) is 5.91 Å². The molecule has 7 heteroatoms. The molecule has 0 bridgehead atoms. The number of likely N-dealkylation sites (tertiary alicyclic amines) is 1. The van der Waals surface area contributed by atoms with Gasteiger partial charge in [0, 0.05) is 29.9 Å². The van der Waals surface area contributed by atoms with Crippen molar-refractivity contribution in [2.75, 3.05) is 24.7 Å². The summed E-state index contributed by atoms with van der Waals surface area (Å²) in [6, 6.07) is 0.392. The Hall–Kier alpha value is -1.05. The number of nitrogens with one attached hydrogen (secondary N) is 2. The van der Waals surface area contributed by atoms with Crippen LogP contribution in [0, 0.1) is 11.8 Å². The molecule has 1 saturated carbocycles. The Bertz CT molecular complexity index is 714. The molecule has 0 radical (unpaired) electrons. The Morgan fingerprint density at radius 3 is 2.69 bits per heavy atom. The maximum atomic E-state index is 13.3. The summed E-state index contributed by atoms with van der Waals surface area (Å²) in [7, 11) is 0. The number of carbonyl (C=O) groups is 2. The molecule has 2 heterocycles. The van der Waals surface area contributed by atoms with E-state index in [1.165, 1.54) is 10.4 Å². The third-order valence-corrected chi connectivity index (χ3v) is 7.43. The van der Waals surface area contributed by atoms with Crippen LogP contribution in [0.1, 0.15) is 53.4 Å². The molecular weight excluding hydrogens is 366 g/mol. The van der Waals surface area contributed by atoms with E-state index in [4.69, 9.17) is 0 Å². The second kappa shape index (κ2) is 7.52.